The molecule has 0 heterocycles. The number of aliphatic hydroxyl groups is 1. The van der Waals surface area contributed by atoms with Gasteiger partial charge in [0, 0.05) is 12.6 Å². The highest BCUT2D eigenvalue weighted by Gasteiger charge is 2.49. The molecule has 2 N–H and O–H groups in total. The van der Waals surface area contributed by atoms with E-state index in [1.807, 2.05) is 0 Å². The van der Waals surface area contributed by atoms with Crippen LogP contribution in [0, 0.1) is 29.6 Å². The maximum atomic E-state index is 8.90. The van der Waals surface area contributed by atoms with Crippen LogP contribution in [-0.2, 0) is 0 Å². The van der Waals surface area contributed by atoms with Gasteiger partial charge in [-0.25, -0.2) is 0 Å². The van der Waals surface area contributed by atoms with E-state index >= 15 is 0 Å². The van der Waals surface area contributed by atoms with E-state index < -0.39 is 0 Å². The third kappa shape index (κ3) is 1.80. The molecule has 0 radical (unpaired) electrons. The molecule has 0 aliphatic heterocycles. The molecule has 4 aliphatic carbocycles. The Bertz CT molecular complexity index is 225. The Morgan fingerprint density at radius 2 is 1.62 bits per heavy atom. The first kappa shape index (κ1) is 11.0. The van der Waals surface area contributed by atoms with Gasteiger partial charge in [0.1, 0.15) is 0 Å². The van der Waals surface area contributed by atoms with Gasteiger partial charge in [0.2, 0.25) is 0 Å². The van der Waals surface area contributed by atoms with E-state index in [2.05, 4.69) is 12.2 Å². The van der Waals surface area contributed by atoms with Gasteiger partial charge in [-0.3, -0.25) is 0 Å². The summed E-state index contributed by atoms with van der Waals surface area (Å²) in [5.41, 5.74) is 0. The van der Waals surface area contributed by atoms with Crippen LogP contribution < -0.4 is 5.32 Å². The summed E-state index contributed by atoms with van der Waals surface area (Å²) in [5, 5.41) is 12.4. The van der Waals surface area contributed by atoms with E-state index in [4.69, 9.17) is 5.11 Å². The maximum absolute atomic E-state index is 8.90. The van der Waals surface area contributed by atoms with Gasteiger partial charge in [-0.05, 0) is 68.6 Å². The first-order chi connectivity index (χ1) is 7.78. The highest BCUT2D eigenvalue weighted by Crippen LogP contribution is 2.57. The molecule has 2 heteroatoms. The summed E-state index contributed by atoms with van der Waals surface area (Å²) in [7, 11) is 0. The molecule has 4 rings (SSSR count). The lowest BCUT2D eigenvalue weighted by atomic mass is 9.50. The first-order valence-corrected chi connectivity index (χ1v) is 7.12. The van der Waals surface area contributed by atoms with Gasteiger partial charge in [0.15, 0.2) is 0 Å². The van der Waals surface area contributed by atoms with E-state index in [-0.39, 0.29) is 6.61 Å². The Morgan fingerprint density at radius 1 is 1.06 bits per heavy atom. The smallest absolute Gasteiger partial charge is 0.0556 e. The van der Waals surface area contributed by atoms with Crippen molar-refractivity contribution in [2.24, 2.45) is 29.6 Å². The normalized spacial score (nSPS) is 47.2. The van der Waals surface area contributed by atoms with Gasteiger partial charge >= 0.3 is 0 Å². The SMILES string of the molecule is CC(NCCO)C1C2CC3CC(C2)CC1C3. The predicted octanol–water partition coefficient (Wildman–Crippen LogP) is 2.03. The Balaban J connectivity index is 1.67. The number of hydrogen-bond acceptors (Lipinski definition) is 2. The minimum absolute atomic E-state index is 0.275. The number of aliphatic hydroxyl groups excluding tert-OH is 1. The summed E-state index contributed by atoms with van der Waals surface area (Å²) >= 11 is 0. The molecule has 0 amide bonds. The summed E-state index contributed by atoms with van der Waals surface area (Å²) in [6.45, 7) is 3.38. The van der Waals surface area contributed by atoms with Crippen LogP contribution in [0.1, 0.15) is 39.0 Å². The number of hydrogen-bond donors (Lipinski definition) is 2. The molecule has 0 aromatic heterocycles. The topological polar surface area (TPSA) is 32.3 Å². The third-order valence-electron chi connectivity index (χ3n) is 5.46. The van der Waals surface area contributed by atoms with Gasteiger partial charge in [-0.1, -0.05) is 0 Å². The van der Waals surface area contributed by atoms with Gasteiger partial charge in [-0.15, -0.1) is 0 Å². The van der Waals surface area contributed by atoms with Crippen LogP contribution in [0.4, 0.5) is 0 Å². The largest absolute Gasteiger partial charge is 0.395 e. The fourth-order valence-corrected chi connectivity index (χ4v) is 5.21. The van der Waals surface area contributed by atoms with Crippen molar-refractivity contribution in [2.45, 2.75) is 45.1 Å². The average molecular weight is 223 g/mol. The minimum Gasteiger partial charge on any atom is -0.395 e. The van der Waals surface area contributed by atoms with Crippen molar-refractivity contribution in [3.05, 3.63) is 0 Å². The van der Waals surface area contributed by atoms with Crippen LogP contribution in [0.3, 0.4) is 0 Å². The number of nitrogens with one attached hydrogen (secondary N) is 1. The molecule has 16 heavy (non-hydrogen) atoms. The van der Waals surface area contributed by atoms with Gasteiger partial charge in [0.05, 0.1) is 6.61 Å². The van der Waals surface area contributed by atoms with E-state index in [9.17, 15) is 0 Å². The van der Waals surface area contributed by atoms with Gasteiger partial charge in [0.25, 0.3) is 0 Å². The maximum Gasteiger partial charge on any atom is 0.0556 e. The fourth-order valence-electron chi connectivity index (χ4n) is 5.21. The lowest BCUT2D eigenvalue weighted by Crippen LogP contribution is -2.52. The molecule has 0 aromatic rings. The quantitative estimate of drug-likeness (QED) is 0.764. The zero-order chi connectivity index (χ0) is 11.1. The summed E-state index contributed by atoms with van der Waals surface area (Å²) < 4.78 is 0. The van der Waals surface area contributed by atoms with Crippen LogP contribution in [0.15, 0.2) is 0 Å². The average Bonchev–Trinajstić information content (AvgIpc) is 2.24. The molecule has 2 nitrogen and oxygen atoms in total. The van der Waals surface area contributed by atoms with Crippen LogP contribution >= 0.6 is 0 Å². The molecule has 4 aliphatic rings. The van der Waals surface area contributed by atoms with Crippen molar-refractivity contribution in [3.8, 4) is 0 Å². The molecule has 4 bridgehead atoms. The zero-order valence-corrected chi connectivity index (χ0v) is 10.4. The summed E-state index contributed by atoms with van der Waals surface area (Å²) in [4.78, 5) is 0. The highest BCUT2D eigenvalue weighted by molar-refractivity contribution is 5.00. The predicted molar refractivity (Wildman–Crippen MR) is 65.1 cm³/mol. The second kappa shape index (κ2) is 4.30. The van der Waals surface area contributed by atoms with Gasteiger partial charge in [-0.2, -0.15) is 0 Å². The van der Waals surface area contributed by atoms with Crippen molar-refractivity contribution in [1.29, 1.82) is 0 Å². The highest BCUT2D eigenvalue weighted by atomic mass is 16.3. The van der Waals surface area contributed by atoms with Crippen molar-refractivity contribution < 1.29 is 5.11 Å². The second-order valence-electron chi connectivity index (χ2n) is 6.47. The molecular formula is C14H25NO. The van der Waals surface area contributed by atoms with E-state index in [1.165, 1.54) is 32.1 Å². The number of rotatable bonds is 4. The molecular weight excluding hydrogens is 198 g/mol. The van der Waals surface area contributed by atoms with Crippen LogP contribution in [0.5, 0.6) is 0 Å². The molecule has 1 atom stereocenters. The molecule has 0 saturated heterocycles. The molecule has 4 fully saturated rings. The van der Waals surface area contributed by atoms with Crippen molar-refractivity contribution in [2.75, 3.05) is 13.2 Å². The molecule has 0 aromatic carbocycles. The molecule has 1 unspecified atom stereocenters. The first-order valence-electron chi connectivity index (χ1n) is 7.12. The summed E-state index contributed by atoms with van der Waals surface area (Å²) in [5.74, 6) is 5.04. The van der Waals surface area contributed by atoms with E-state index in [0.29, 0.717) is 6.04 Å². The molecule has 4 saturated carbocycles. The van der Waals surface area contributed by atoms with Crippen LogP contribution in [0.2, 0.25) is 0 Å². The lowest BCUT2D eigenvalue weighted by Gasteiger charge is -2.56. The fraction of sp³-hybridized carbons (Fsp3) is 1.00. The van der Waals surface area contributed by atoms with E-state index in [0.717, 1.165) is 36.1 Å². The second-order valence-corrected chi connectivity index (χ2v) is 6.47. The molecule has 92 valence electrons. The standard InChI is InChI=1S/C14H25NO/c1-9(15-2-3-16)14-12-5-10-4-11(7-12)8-13(14)6-10/h9-16H,2-8H2,1H3. The Labute approximate surface area is 98.8 Å². The van der Waals surface area contributed by atoms with Crippen LogP contribution in [-0.4, -0.2) is 24.3 Å². The van der Waals surface area contributed by atoms with Crippen molar-refractivity contribution in [3.63, 3.8) is 0 Å². The zero-order valence-electron chi connectivity index (χ0n) is 10.4. The van der Waals surface area contributed by atoms with Gasteiger partial charge < -0.3 is 10.4 Å². The Hall–Kier alpha value is -0.0800. The van der Waals surface area contributed by atoms with Crippen molar-refractivity contribution in [1.82, 2.24) is 5.32 Å². The van der Waals surface area contributed by atoms with Crippen LogP contribution in [0.25, 0.3) is 0 Å². The monoisotopic (exact) mass is 223 g/mol. The minimum atomic E-state index is 0.275. The third-order valence-corrected chi connectivity index (χ3v) is 5.46. The summed E-state index contributed by atoms with van der Waals surface area (Å²) in [6.07, 6.45) is 7.55. The van der Waals surface area contributed by atoms with E-state index in [1.54, 1.807) is 0 Å². The molecule has 0 spiro atoms. The van der Waals surface area contributed by atoms with Crippen molar-refractivity contribution >= 4 is 0 Å². The Morgan fingerprint density at radius 3 is 2.12 bits per heavy atom. The lowest BCUT2D eigenvalue weighted by molar-refractivity contribution is -0.0495. The Kier molecular flexibility index (Phi) is 2.97. The summed E-state index contributed by atoms with van der Waals surface area (Å²) in [6, 6.07) is 0.613.